The van der Waals surface area contributed by atoms with Gasteiger partial charge in [-0.25, -0.2) is 4.79 Å². The molecule has 1 unspecified atom stereocenters. The Morgan fingerprint density at radius 3 is 2.80 bits per heavy atom. The average molecular weight is 147 g/mol. The lowest BCUT2D eigenvalue weighted by atomic mass is 10.4. The molecule has 0 aromatic heterocycles. The molecule has 0 saturated carbocycles. The third-order valence-electron chi connectivity index (χ3n) is 1.05. The van der Waals surface area contributed by atoms with Crippen LogP contribution in [0.5, 0.6) is 0 Å². The lowest BCUT2D eigenvalue weighted by Gasteiger charge is -2.14. The molecule has 0 aromatic rings. The highest BCUT2D eigenvalue weighted by molar-refractivity contribution is 5.60. The van der Waals surface area contributed by atoms with Gasteiger partial charge in [-0.1, -0.05) is 0 Å². The smallest absolute Gasteiger partial charge is 0.434 e. The van der Waals surface area contributed by atoms with Crippen molar-refractivity contribution in [2.45, 2.75) is 12.6 Å². The second kappa shape index (κ2) is 2.51. The highest BCUT2D eigenvalue weighted by Crippen LogP contribution is 2.07. The summed E-state index contributed by atoms with van der Waals surface area (Å²) in [6, 6.07) is 0. The predicted octanol–water partition coefficient (Wildman–Crippen LogP) is 0.146. The summed E-state index contributed by atoms with van der Waals surface area (Å²) in [7, 11) is 0. The van der Waals surface area contributed by atoms with Gasteiger partial charge in [0.1, 0.15) is 6.61 Å². The maximum atomic E-state index is 10.2. The van der Waals surface area contributed by atoms with Crippen LogP contribution in [0, 0.1) is 10.1 Å². The van der Waals surface area contributed by atoms with Crippen LogP contribution in [0.2, 0.25) is 0 Å². The third kappa shape index (κ3) is 1.34. The quantitative estimate of drug-likeness (QED) is 0.299. The van der Waals surface area contributed by atoms with E-state index in [1.807, 2.05) is 0 Å². The van der Waals surface area contributed by atoms with E-state index >= 15 is 0 Å². The Bertz CT molecular complexity index is 165. The highest BCUT2D eigenvalue weighted by atomic mass is 16.8. The molecule has 1 rings (SSSR count). The van der Waals surface area contributed by atoms with E-state index in [0.717, 1.165) is 0 Å². The number of carbonyl (C=O) groups excluding carboxylic acids is 1. The monoisotopic (exact) mass is 147 g/mol. The lowest BCUT2D eigenvalue weighted by Crippen LogP contribution is -2.33. The number of nitrogens with zero attached hydrogens (tertiary/aromatic N) is 1. The first-order chi connectivity index (χ1) is 4.70. The fraction of sp³-hybridized carbons (Fsp3) is 0.750. The number of rotatable bonds is 1. The topological polar surface area (TPSA) is 78.7 Å². The Labute approximate surface area is 55.9 Å². The number of cyclic esters (lactones) is 2. The van der Waals surface area contributed by atoms with Gasteiger partial charge in [-0.3, -0.25) is 10.1 Å². The van der Waals surface area contributed by atoms with Crippen LogP contribution in [0.25, 0.3) is 0 Å². The van der Waals surface area contributed by atoms with Crippen molar-refractivity contribution in [2.75, 3.05) is 6.61 Å². The molecule has 0 bridgehead atoms. The molecule has 0 aliphatic carbocycles. The van der Waals surface area contributed by atoms with Crippen molar-refractivity contribution in [3.8, 4) is 0 Å². The zero-order valence-corrected chi connectivity index (χ0v) is 4.98. The fourth-order valence-corrected chi connectivity index (χ4v) is 0.596. The number of hydrogen-bond acceptors (Lipinski definition) is 5. The molecule has 0 spiro atoms. The van der Waals surface area contributed by atoms with E-state index in [1.165, 1.54) is 0 Å². The maximum absolute atomic E-state index is 10.2. The van der Waals surface area contributed by atoms with Crippen LogP contribution in [-0.4, -0.2) is 23.9 Å². The van der Waals surface area contributed by atoms with Crippen LogP contribution < -0.4 is 0 Å². The summed E-state index contributed by atoms with van der Waals surface area (Å²) in [5, 5.41) is 9.97. The van der Waals surface area contributed by atoms with Crippen LogP contribution in [0.1, 0.15) is 6.42 Å². The first-order valence-electron chi connectivity index (χ1n) is 2.67. The van der Waals surface area contributed by atoms with Gasteiger partial charge in [0.15, 0.2) is 0 Å². The molecule has 6 nitrogen and oxygen atoms in total. The minimum Gasteiger partial charge on any atom is -0.434 e. The van der Waals surface area contributed by atoms with Crippen LogP contribution >= 0.6 is 0 Å². The molecule has 0 aromatic carbocycles. The molecule has 6 heteroatoms. The van der Waals surface area contributed by atoms with E-state index in [9.17, 15) is 14.9 Å². The third-order valence-corrected chi connectivity index (χ3v) is 1.05. The second-order valence-corrected chi connectivity index (χ2v) is 1.74. The standard InChI is InChI=1S/C4H5NO5/c6-4-9-2-1-3(10-4)5(7)8/h3H,1-2H2. The molecule has 1 aliphatic rings. The van der Waals surface area contributed by atoms with Gasteiger partial charge in [0.25, 0.3) is 0 Å². The summed E-state index contributed by atoms with van der Waals surface area (Å²) < 4.78 is 8.48. The van der Waals surface area contributed by atoms with E-state index in [0.29, 0.717) is 0 Å². The van der Waals surface area contributed by atoms with Gasteiger partial charge >= 0.3 is 12.4 Å². The van der Waals surface area contributed by atoms with Gasteiger partial charge in [0, 0.05) is 0 Å². The van der Waals surface area contributed by atoms with Gasteiger partial charge in [0.2, 0.25) is 0 Å². The zero-order chi connectivity index (χ0) is 7.56. The van der Waals surface area contributed by atoms with Gasteiger partial charge in [0.05, 0.1) is 11.3 Å². The molecule has 0 N–H and O–H groups in total. The Morgan fingerprint density at radius 2 is 2.40 bits per heavy atom. The van der Waals surface area contributed by atoms with Crippen LogP contribution in [0.3, 0.4) is 0 Å². The molecule has 0 radical (unpaired) electrons. The van der Waals surface area contributed by atoms with E-state index in [-0.39, 0.29) is 13.0 Å². The first-order valence-corrected chi connectivity index (χ1v) is 2.67. The van der Waals surface area contributed by atoms with E-state index < -0.39 is 17.3 Å². The van der Waals surface area contributed by atoms with Crippen molar-refractivity contribution in [2.24, 2.45) is 0 Å². The molecule has 1 saturated heterocycles. The molecular formula is C4H5NO5. The molecule has 1 fully saturated rings. The second-order valence-electron chi connectivity index (χ2n) is 1.74. The number of carbonyl (C=O) groups is 1. The fourth-order valence-electron chi connectivity index (χ4n) is 0.596. The molecule has 56 valence electrons. The van der Waals surface area contributed by atoms with Crippen molar-refractivity contribution >= 4 is 6.16 Å². The lowest BCUT2D eigenvalue weighted by molar-refractivity contribution is -0.573. The summed E-state index contributed by atoms with van der Waals surface area (Å²) in [6.45, 7) is 0.0600. The Kier molecular flexibility index (Phi) is 1.70. The van der Waals surface area contributed by atoms with Crippen molar-refractivity contribution in [1.29, 1.82) is 0 Å². The Morgan fingerprint density at radius 1 is 1.70 bits per heavy atom. The number of nitro groups is 1. The molecule has 0 amide bonds. The van der Waals surface area contributed by atoms with Crippen molar-refractivity contribution in [1.82, 2.24) is 0 Å². The number of hydrogen-bond donors (Lipinski definition) is 0. The van der Waals surface area contributed by atoms with Crippen LogP contribution in [-0.2, 0) is 9.47 Å². The van der Waals surface area contributed by atoms with E-state index in [2.05, 4.69) is 9.47 Å². The van der Waals surface area contributed by atoms with E-state index in [1.54, 1.807) is 0 Å². The number of ether oxygens (including phenoxy) is 2. The zero-order valence-electron chi connectivity index (χ0n) is 4.98. The van der Waals surface area contributed by atoms with Gasteiger partial charge in [-0.15, -0.1) is 0 Å². The Hall–Kier alpha value is -1.33. The normalized spacial score (nSPS) is 24.8. The van der Waals surface area contributed by atoms with Crippen molar-refractivity contribution < 1.29 is 19.2 Å². The molecule has 1 aliphatic heterocycles. The average Bonchev–Trinajstić information content (AvgIpc) is 1.88. The largest absolute Gasteiger partial charge is 0.513 e. The first kappa shape index (κ1) is 6.79. The Balaban J connectivity index is 2.47. The SMILES string of the molecule is O=C1OCCC([N+](=O)[O-])O1. The summed E-state index contributed by atoms with van der Waals surface area (Å²) in [5.74, 6) is 0. The van der Waals surface area contributed by atoms with Crippen molar-refractivity contribution in [3.63, 3.8) is 0 Å². The molecular weight excluding hydrogens is 142 g/mol. The van der Waals surface area contributed by atoms with Gasteiger partial charge in [-0.05, 0) is 0 Å². The molecule has 1 heterocycles. The summed E-state index contributed by atoms with van der Waals surface area (Å²) in [4.78, 5) is 19.5. The van der Waals surface area contributed by atoms with Gasteiger partial charge in [-0.2, -0.15) is 0 Å². The summed E-state index contributed by atoms with van der Waals surface area (Å²) in [5.41, 5.74) is 0. The van der Waals surface area contributed by atoms with Crippen LogP contribution in [0.4, 0.5) is 4.79 Å². The predicted molar refractivity (Wildman–Crippen MR) is 27.8 cm³/mol. The minimum absolute atomic E-state index is 0.0600. The maximum Gasteiger partial charge on any atom is 0.513 e. The van der Waals surface area contributed by atoms with Crippen molar-refractivity contribution in [3.05, 3.63) is 10.1 Å². The van der Waals surface area contributed by atoms with Crippen LogP contribution in [0.15, 0.2) is 0 Å². The van der Waals surface area contributed by atoms with Gasteiger partial charge < -0.3 is 9.47 Å². The summed E-state index contributed by atoms with van der Waals surface area (Å²) in [6.07, 6.45) is -2.06. The van der Waals surface area contributed by atoms with E-state index in [4.69, 9.17) is 0 Å². The minimum atomic E-state index is -1.22. The molecule has 10 heavy (non-hydrogen) atoms. The molecule has 1 atom stereocenters. The highest BCUT2D eigenvalue weighted by Gasteiger charge is 2.30. The summed E-state index contributed by atoms with van der Waals surface area (Å²) >= 11 is 0.